The van der Waals surface area contributed by atoms with E-state index in [2.05, 4.69) is 19.9 Å². The van der Waals surface area contributed by atoms with E-state index in [-0.39, 0.29) is 30.2 Å². The van der Waals surface area contributed by atoms with E-state index in [0.29, 0.717) is 11.2 Å². The van der Waals surface area contributed by atoms with Gasteiger partial charge in [0.25, 0.3) is 0 Å². The van der Waals surface area contributed by atoms with Gasteiger partial charge in [-0.3, -0.25) is 4.57 Å². The molecule has 0 aliphatic heterocycles. The molecule has 0 aliphatic rings. The van der Waals surface area contributed by atoms with Gasteiger partial charge in [0.05, 0.1) is 12.9 Å². The molecule has 2 aromatic rings. The van der Waals surface area contributed by atoms with Crippen molar-refractivity contribution in [2.45, 2.75) is 6.54 Å². The molecule has 0 unspecified atom stereocenters. The van der Waals surface area contributed by atoms with Gasteiger partial charge in [-0.2, -0.15) is 15.0 Å². The van der Waals surface area contributed by atoms with Gasteiger partial charge >= 0.3 is 7.60 Å². The summed E-state index contributed by atoms with van der Waals surface area (Å²) in [4.78, 5) is 33.2. The molecule has 2 heterocycles. The number of aromatic nitrogens is 4. The molecule has 2 aromatic heterocycles. The first-order valence-electron chi connectivity index (χ1n) is 5.86. The zero-order chi connectivity index (χ0) is 16.3. The number of halogens is 1. The summed E-state index contributed by atoms with van der Waals surface area (Å²) < 4.78 is 17.1. The van der Waals surface area contributed by atoms with Crippen molar-refractivity contribution in [3.05, 3.63) is 11.6 Å². The monoisotopic (exact) mass is 349 g/mol. The van der Waals surface area contributed by atoms with Crippen LogP contribution < -0.4 is 11.5 Å². The fourth-order valence-electron chi connectivity index (χ4n) is 1.61. The largest absolute Gasteiger partial charge is 0.370 e. The first-order valence-corrected chi connectivity index (χ1v) is 8.04. The highest BCUT2D eigenvalue weighted by Crippen LogP contribution is 2.33. The van der Waals surface area contributed by atoms with Crippen molar-refractivity contribution in [3.63, 3.8) is 0 Å². The quantitative estimate of drug-likeness (QED) is 0.177. The standard InChI is InChI=1S/C9H13ClN7O4P/c10-8-14-6(15-9(11)12)5-7(16-8)17(3-13-5)1-2-21-4-22(18,19)20/h3H,1-2,4H2,(H2,18,19,20)(H4,11,12,14,15,16). The molecule has 11 nitrogen and oxygen atoms in total. The Labute approximate surface area is 129 Å². The van der Waals surface area contributed by atoms with Gasteiger partial charge in [0, 0.05) is 6.54 Å². The van der Waals surface area contributed by atoms with Crippen LogP contribution in [0.2, 0.25) is 5.28 Å². The van der Waals surface area contributed by atoms with E-state index in [1.807, 2.05) is 0 Å². The van der Waals surface area contributed by atoms with E-state index in [1.165, 1.54) is 6.33 Å². The third kappa shape index (κ3) is 4.36. The van der Waals surface area contributed by atoms with Crippen LogP contribution in [0.25, 0.3) is 11.2 Å². The van der Waals surface area contributed by atoms with Crippen molar-refractivity contribution in [2.24, 2.45) is 16.5 Å². The Morgan fingerprint density at radius 3 is 2.82 bits per heavy atom. The van der Waals surface area contributed by atoms with Crippen LogP contribution in [0.5, 0.6) is 0 Å². The van der Waals surface area contributed by atoms with E-state index < -0.39 is 13.9 Å². The first kappa shape index (κ1) is 16.6. The summed E-state index contributed by atoms with van der Waals surface area (Å²) in [5.41, 5.74) is 11.3. The van der Waals surface area contributed by atoms with Crippen LogP contribution >= 0.6 is 19.2 Å². The Kier molecular flexibility index (Phi) is 4.94. The summed E-state index contributed by atoms with van der Waals surface area (Å²) in [5.74, 6) is -0.0690. The number of rotatable bonds is 6. The number of guanidine groups is 1. The first-order chi connectivity index (χ1) is 10.3. The van der Waals surface area contributed by atoms with Crippen molar-refractivity contribution in [2.75, 3.05) is 13.0 Å². The molecule has 2 rings (SSSR count). The average Bonchev–Trinajstić information content (AvgIpc) is 2.76. The Morgan fingerprint density at radius 1 is 1.45 bits per heavy atom. The molecule has 0 aliphatic carbocycles. The van der Waals surface area contributed by atoms with E-state index in [1.54, 1.807) is 4.57 Å². The van der Waals surface area contributed by atoms with Crippen LogP contribution in [-0.2, 0) is 15.8 Å². The van der Waals surface area contributed by atoms with Gasteiger partial charge in [-0.05, 0) is 11.6 Å². The van der Waals surface area contributed by atoms with Crippen LogP contribution in [0.15, 0.2) is 11.3 Å². The fourth-order valence-corrected chi connectivity index (χ4v) is 2.14. The SMILES string of the molecule is NC(N)=Nc1nc(Cl)nc2c1ncn2CCOCP(=O)(O)O. The van der Waals surface area contributed by atoms with Crippen molar-refractivity contribution in [3.8, 4) is 0 Å². The summed E-state index contributed by atoms with van der Waals surface area (Å²) in [5, 5.41) is -0.0645. The van der Waals surface area contributed by atoms with Gasteiger partial charge < -0.3 is 30.6 Å². The van der Waals surface area contributed by atoms with Gasteiger partial charge in [-0.15, -0.1) is 0 Å². The topological polar surface area (TPSA) is 175 Å². The summed E-state index contributed by atoms with van der Waals surface area (Å²) in [7, 11) is -4.19. The lowest BCUT2D eigenvalue weighted by molar-refractivity contribution is 0.149. The molecule has 0 saturated heterocycles. The molecule has 0 amide bonds. The molecule has 0 saturated carbocycles. The highest BCUT2D eigenvalue weighted by molar-refractivity contribution is 7.51. The number of hydrogen-bond acceptors (Lipinski definition) is 6. The van der Waals surface area contributed by atoms with Gasteiger partial charge in [0.1, 0.15) is 6.35 Å². The summed E-state index contributed by atoms with van der Waals surface area (Å²) in [6, 6.07) is 0. The molecule has 120 valence electrons. The highest BCUT2D eigenvalue weighted by Gasteiger charge is 2.14. The minimum atomic E-state index is -4.19. The molecule has 0 aromatic carbocycles. The van der Waals surface area contributed by atoms with Crippen molar-refractivity contribution in [1.29, 1.82) is 0 Å². The van der Waals surface area contributed by atoms with Crippen LogP contribution in [-0.4, -0.2) is 48.2 Å². The molecule has 6 N–H and O–H groups in total. The second kappa shape index (κ2) is 6.55. The zero-order valence-corrected chi connectivity index (χ0v) is 12.8. The predicted octanol–water partition coefficient (Wildman–Crippen LogP) is -0.464. The minimum Gasteiger partial charge on any atom is -0.370 e. The highest BCUT2D eigenvalue weighted by atomic mass is 35.5. The van der Waals surface area contributed by atoms with Gasteiger partial charge in [-0.1, -0.05) is 0 Å². The Morgan fingerprint density at radius 2 is 2.18 bits per heavy atom. The van der Waals surface area contributed by atoms with Crippen LogP contribution in [0.3, 0.4) is 0 Å². The molecular formula is C9H13ClN7O4P. The third-order valence-electron chi connectivity index (χ3n) is 2.39. The second-order valence-corrected chi connectivity index (χ2v) is 6.09. The van der Waals surface area contributed by atoms with Crippen molar-refractivity contribution >= 4 is 42.1 Å². The number of fused-ring (bicyclic) bond motifs is 1. The number of aliphatic imine (C=N–C) groups is 1. The summed E-state index contributed by atoms with van der Waals surface area (Å²) in [6.45, 7) is 0.306. The van der Waals surface area contributed by atoms with Crippen LogP contribution in [0.1, 0.15) is 0 Å². The third-order valence-corrected chi connectivity index (χ3v) is 3.08. The maximum atomic E-state index is 10.7. The predicted molar refractivity (Wildman–Crippen MR) is 78.7 cm³/mol. The lowest BCUT2D eigenvalue weighted by atomic mass is 10.5. The van der Waals surface area contributed by atoms with Gasteiger partial charge in [0.2, 0.25) is 5.28 Å². The molecule has 0 spiro atoms. The lowest BCUT2D eigenvalue weighted by Gasteiger charge is -2.07. The molecule has 0 radical (unpaired) electrons. The average molecular weight is 350 g/mol. The molecule has 0 atom stereocenters. The molecular weight excluding hydrogens is 337 g/mol. The van der Waals surface area contributed by atoms with E-state index in [0.717, 1.165) is 0 Å². The number of nitrogens with two attached hydrogens (primary N) is 2. The van der Waals surface area contributed by atoms with E-state index in [4.69, 9.17) is 37.6 Å². The van der Waals surface area contributed by atoms with Gasteiger partial charge in [0.15, 0.2) is 22.9 Å². The second-order valence-electron chi connectivity index (χ2n) is 4.17. The number of hydrogen-bond donors (Lipinski definition) is 4. The number of imidazole rings is 1. The zero-order valence-electron chi connectivity index (χ0n) is 11.1. The maximum Gasteiger partial charge on any atom is 0.350 e. The van der Waals surface area contributed by atoms with Crippen LogP contribution in [0.4, 0.5) is 5.82 Å². The van der Waals surface area contributed by atoms with Crippen molar-refractivity contribution < 1.29 is 19.1 Å². The summed E-state index contributed by atoms with van der Waals surface area (Å²) in [6.07, 6.45) is 0.789. The molecule has 0 bridgehead atoms. The fraction of sp³-hybridized carbons (Fsp3) is 0.333. The Hall–Kier alpha value is -1.78. The normalized spacial score (nSPS) is 11.8. The van der Waals surface area contributed by atoms with Crippen molar-refractivity contribution in [1.82, 2.24) is 19.5 Å². The van der Waals surface area contributed by atoms with Crippen LogP contribution in [0, 0.1) is 0 Å². The summed E-state index contributed by atoms with van der Waals surface area (Å²) >= 11 is 5.81. The molecule has 22 heavy (non-hydrogen) atoms. The Bertz CT molecular complexity index is 754. The molecule has 13 heteroatoms. The Balaban J connectivity index is 2.20. The number of ether oxygens (including phenoxy) is 1. The van der Waals surface area contributed by atoms with Gasteiger partial charge in [-0.25, -0.2) is 4.98 Å². The smallest absolute Gasteiger partial charge is 0.350 e. The molecule has 0 fully saturated rings. The van der Waals surface area contributed by atoms with E-state index >= 15 is 0 Å². The minimum absolute atomic E-state index is 0.0514. The van der Waals surface area contributed by atoms with E-state index in [9.17, 15) is 4.57 Å². The number of nitrogens with zero attached hydrogens (tertiary/aromatic N) is 5. The maximum absolute atomic E-state index is 10.7. The lowest BCUT2D eigenvalue weighted by Crippen LogP contribution is -2.22.